The van der Waals surface area contributed by atoms with Crippen LogP contribution < -0.4 is 5.32 Å². The van der Waals surface area contributed by atoms with E-state index in [0.717, 1.165) is 50.3 Å². The number of nitrogens with one attached hydrogen (secondary N) is 1. The van der Waals surface area contributed by atoms with Crippen LogP contribution in [0.2, 0.25) is 0 Å². The molecule has 1 aromatic carbocycles. The lowest BCUT2D eigenvalue weighted by Gasteiger charge is -2.46. The van der Waals surface area contributed by atoms with E-state index in [-0.39, 0.29) is 41.1 Å². The Morgan fingerprint density at radius 3 is 2.59 bits per heavy atom. The van der Waals surface area contributed by atoms with Gasteiger partial charge < -0.3 is 39.8 Å². The zero-order valence-electron chi connectivity index (χ0n) is 27.5. The van der Waals surface area contributed by atoms with Crippen LogP contribution in [0.1, 0.15) is 25.8 Å². The Bertz CT molecular complexity index is 1430. The molecule has 49 heavy (non-hydrogen) atoms. The number of nitro groups is 1. The number of aldehydes is 1. The van der Waals surface area contributed by atoms with Gasteiger partial charge in [0.15, 0.2) is 0 Å². The minimum Gasteiger partial charge on any atom is -0.477 e. The van der Waals surface area contributed by atoms with Gasteiger partial charge >= 0.3 is 12.1 Å². The second kappa shape index (κ2) is 16.9. The van der Waals surface area contributed by atoms with Crippen LogP contribution in [0.4, 0.5) is 10.5 Å². The van der Waals surface area contributed by atoms with E-state index in [9.17, 15) is 39.5 Å². The largest absolute Gasteiger partial charge is 0.477 e. The van der Waals surface area contributed by atoms with Crippen molar-refractivity contribution in [2.75, 3.05) is 57.3 Å². The topological polar surface area (TPSA) is 183 Å². The van der Waals surface area contributed by atoms with Crippen molar-refractivity contribution in [2.24, 2.45) is 11.8 Å². The molecule has 2 unspecified atom stereocenters. The molecule has 0 aromatic heterocycles. The van der Waals surface area contributed by atoms with Crippen LogP contribution in [0.15, 0.2) is 34.9 Å². The van der Waals surface area contributed by atoms with Gasteiger partial charge in [-0.15, -0.1) is 23.5 Å². The molecule has 5 aliphatic heterocycles. The van der Waals surface area contributed by atoms with E-state index in [0.29, 0.717) is 34.9 Å². The number of β-lactam (4-membered cyclic amide) rings is 1. The van der Waals surface area contributed by atoms with E-state index in [1.54, 1.807) is 30.8 Å². The number of ether oxygens (including phenoxy) is 1. The molecule has 4 saturated heterocycles. The highest BCUT2D eigenvalue weighted by atomic mass is 32.2. The number of likely N-dealkylation sites (tertiary alicyclic amines) is 1. The van der Waals surface area contributed by atoms with Crippen LogP contribution in [-0.2, 0) is 25.7 Å². The summed E-state index contributed by atoms with van der Waals surface area (Å²) >= 11 is 5.20. The minimum absolute atomic E-state index is 0.00745. The van der Waals surface area contributed by atoms with E-state index in [1.807, 2.05) is 18.7 Å². The van der Waals surface area contributed by atoms with E-state index in [2.05, 4.69) is 10.2 Å². The molecule has 2 amide bonds. The molecule has 17 heteroatoms. The lowest BCUT2D eigenvalue weighted by molar-refractivity contribution is -0.384. The number of aliphatic hydroxyl groups is 1. The van der Waals surface area contributed by atoms with E-state index >= 15 is 0 Å². The van der Waals surface area contributed by atoms with Gasteiger partial charge in [-0.25, -0.2) is 9.59 Å². The molecule has 3 N–H and O–H groups in total. The Balaban J connectivity index is 0.000000200. The fourth-order valence-electron chi connectivity index (χ4n) is 6.82. The number of carboxylic acids is 1. The molecule has 0 saturated carbocycles. The maximum atomic E-state index is 12.4. The number of benzene rings is 1. The SMILES string of the molecule is C[C@@H](O)[C@H]1C(=O)N2C(C(=O)O)=C(S[C@@H]3CCN(CC4CNCCS4)C3)[C@H](C)[C@H]12.O=CC1CN(C(=O)OCc2ccc([N+](=O)[O-])cc2)CCS1. The second-order valence-electron chi connectivity index (χ2n) is 12.7. The number of nitro benzene ring substituents is 1. The van der Waals surface area contributed by atoms with Crippen molar-refractivity contribution in [1.82, 2.24) is 20.0 Å². The van der Waals surface area contributed by atoms with Gasteiger partial charge in [0.2, 0.25) is 5.91 Å². The zero-order valence-corrected chi connectivity index (χ0v) is 29.9. The third-order valence-electron chi connectivity index (χ3n) is 9.31. The molecule has 268 valence electrons. The first-order valence-electron chi connectivity index (χ1n) is 16.4. The number of hydrogen-bond donors (Lipinski definition) is 3. The highest BCUT2D eigenvalue weighted by Crippen LogP contribution is 2.52. The van der Waals surface area contributed by atoms with Gasteiger partial charge in [0.25, 0.3) is 5.69 Å². The van der Waals surface area contributed by atoms with Crippen LogP contribution in [0.5, 0.6) is 0 Å². The Hall–Kier alpha value is -2.83. The summed E-state index contributed by atoms with van der Waals surface area (Å²) in [6, 6.07) is 5.60. The summed E-state index contributed by atoms with van der Waals surface area (Å²) in [6.45, 7) is 9.79. The number of thioether (sulfide) groups is 3. The van der Waals surface area contributed by atoms with Gasteiger partial charge in [-0.05, 0) is 37.6 Å². The summed E-state index contributed by atoms with van der Waals surface area (Å²) in [6.07, 6.45) is 0.650. The third-order valence-corrected chi connectivity index (χ3v) is 13.2. The Morgan fingerprint density at radius 2 is 1.96 bits per heavy atom. The predicted molar refractivity (Wildman–Crippen MR) is 188 cm³/mol. The number of nitrogens with zero attached hydrogens (tertiary/aromatic N) is 4. The quantitative estimate of drug-likeness (QED) is 0.138. The lowest BCUT2D eigenvalue weighted by Crippen LogP contribution is -2.63. The van der Waals surface area contributed by atoms with E-state index < -0.39 is 29.0 Å². The van der Waals surface area contributed by atoms with Crippen LogP contribution in [0.3, 0.4) is 0 Å². The Kier molecular flexibility index (Phi) is 12.9. The van der Waals surface area contributed by atoms with Gasteiger partial charge in [-0.3, -0.25) is 14.9 Å². The number of carboxylic acid groups (broad SMARTS) is 1. The summed E-state index contributed by atoms with van der Waals surface area (Å²) in [5.41, 5.74) is 0.814. The summed E-state index contributed by atoms with van der Waals surface area (Å²) in [7, 11) is 0. The van der Waals surface area contributed by atoms with Crippen molar-refractivity contribution >= 4 is 65.2 Å². The fraction of sp³-hybridized carbons (Fsp3) is 0.625. The molecule has 0 radical (unpaired) electrons. The van der Waals surface area contributed by atoms with Crippen molar-refractivity contribution in [3.05, 3.63) is 50.5 Å². The van der Waals surface area contributed by atoms with Crippen LogP contribution in [0, 0.1) is 22.0 Å². The number of aliphatic carboxylic acids is 1. The van der Waals surface area contributed by atoms with Crippen LogP contribution >= 0.6 is 35.3 Å². The Morgan fingerprint density at radius 1 is 1.20 bits per heavy atom. The Labute approximate surface area is 297 Å². The lowest BCUT2D eigenvalue weighted by atomic mass is 9.79. The van der Waals surface area contributed by atoms with Crippen molar-refractivity contribution in [1.29, 1.82) is 0 Å². The van der Waals surface area contributed by atoms with Gasteiger partial charge in [0.05, 0.1) is 28.2 Å². The normalized spacial score (nSPS) is 29.0. The standard InChI is InChI=1S/C19H29N3O4S2.C13H14N2O5S/c1-10-15-14(11(2)23)18(24)22(15)16(19(25)26)17(10)28-12-3-5-21(8-12)9-13-7-20-4-6-27-13;16-8-12-7-14(5-6-21-12)13(17)20-9-10-1-3-11(4-2-10)15(18)19/h10-15,20,23H,3-9H2,1-2H3,(H,25,26);1-4,8,12H,5-7,9H2/t10-,11-,12-,13?,14-,15-;/m1./s1. The molecule has 4 fully saturated rings. The number of rotatable bonds is 10. The van der Waals surface area contributed by atoms with E-state index in [1.165, 1.54) is 39.4 Å². The molecule has 0 aliphatic carbocycles. The molecule has 1 aromatic rings. The van der Waals surface area contributed by atoms with Crippen LogP contribution in [0.25, 0.3) is 0 Å². The molecule has 5 heterocycles. The minimum atomic E-state index is -1.03. The average molecular weight is 738 g/mol. The van der Waals surface area contributed by atoms with Gasteiger partial charge in [0, 0.05) is 84.2 Å². The summed E-state index contributed by atoms with van der Waals surface area (Å²) < 4.78 is 5.15. The third kappa shape index (κ3) is 8.92. The summed E-state index contributed by atoms with van der Waals surface area (Å²) in [5, 5.41) is 34.5. The number of fused-ring (bicyclic) bond motifs is 1. The molecule has 6 rings (SSSR count). The number of carbonyl (C=O) groups excluding carboxylic acids is 3. The van der Waals surface area contributed by atoms with Crippen molar-refractivity contribution < 1.29 is 39.1 Å². The number of hydrogen-bond acceptors (Lipinski definition) is 13. The number of carbonyl (C=O) groups is 4. The first-order chi connectivity index (χ1) is 23.5. The number of aliphatic hydroxyl groups excluding tert-OH is 1. The molecular formula is C32H43N5O9S3. The maximum absolute atomic E-state index is 12.4. The van der Waals surface area contributed by atoms with Gasteiger partial charge in [-0.1, -0.05) is 6.92 Å². The van der Waals surface area contributed by atoms with E-state index in [4.69, 9.17) is 4.74 Å². The monoisotopic (exact) mass is 737 g/mol. The first-order valence-corrected chi connectivity index (χ1v) is 19.4. The second-order valence-corrected chi connectivity index (χ2v) is 16.8. The average Bonchev–Trinajstić information content (AvgIpc) is 3.63. The maximum Gasteiger partial charge on any atom is 0.410 e. The van der Waals surface area contributed by atoms with Crippen molar-refractivity contribution in [2.45, 2.75) is 54.8 Å². The highest BCUT2D eigenvalue weighted by molar-refractivity contribution is 8.03. The zero-order chi connectivity index (χ0) is 35.2. The molecule has 0 spiro atoms. The molecule has 5 aliphatic rings. The number of amides is 2. The molecular weight excluding hydrogens is 695 g/mol. The smallest absolute Gasteiger partial charge is 0.410 e. The van der Waals surface area contributed by atoms with Crippen molar-refractivity contribution in [3.63, 3.8) is 0 Å². The summed E-state index contributed by atoms with van der Waals surface area (Å²) in [4.78, 5) is 63.2. The number of non-ortho nitro benzene ring substituents is 1. The fourth-order valence-corrected chi connectivity index (χ4v) is 10.5. The van der Waals surface area contributed by atoms with Gasteiger partial charge in [-0.2, -0.15) is 11.8 Å². The molecule has 7 atom stereocenters. The first kappa shape index (κ1) is 37.4. The van der Waals surface area contributed by atoms with Gasteiger partial charge in [0.1, 0.15) is 18.6 Å². The summed E-state index contributed by atoms with van der Waals surface area (Å²) in [5.74, 6) is 0.0526. The predicted octanol–water partition coefficient (Wildman–Crippen LogP) is 2.50. The van der Waals surface area contributed by atoms with Crippen LogP contribution in [-0.4, -0.2) is 139 Å². The molecule has 0 bridgehead atoms. The van der Waals surface area contributed by atoms with Crippen molar-refractivity contribution in [3.8, 4) is 0 Å². The molecule has 14 nitrogen and oxygen atoms in total. The highest BCUT2D eigenvalue weighted by Gasteiger charge is 2.60.